The van der Waals surface area contributed by atoms with E-state index >= 15 is 0 Å². The predicted octanol–water partition coefficient (Wildman–Crippen LogP) is -2.76. The summed E-state index contributed by atoms with van der Waals surface area (Å²) in [4.78, 5) is 1.86. The smallest absolute Gasteiger partial charge is 0.234 e. The summed E-state index contributed by atoms with van der Waals surface area (Å²) in [6, 6.07) is 0. The van der Waals surface area contributed by atoms with Crippen LogP contribution in [0, 0.1) is 0 Å². The van der Waals surface area contributed by atoms with E-state index in [0.29, 0.717) is 13.1 Å². The lowest BCUT2D eigenvalue weighted by Crippen LogP contribution is -2.30. The van der Waals surface area contributed by atoms with E-state index in [9.17, 15) is 18.1 Å². The summed E-state index contributed by atoms with van der Waals surface area (Å²) >= 11 is 0. The monoisotopic (exact) mass is 252 g/mol. The molecule has 8 heteroatoms. The quantitative estimate of drug-likeness (QED) is 0.392. The van der Waals surface area contributed by atoms with Gasteiger partial charge in [0.25, 0.3) is 0 Å². The molecule has 0 radical (unpaired) electrons. The first-order valence-corrected chi connectivity index (χ1v) is 6.54. The average Bonchev–Trinajstić information content (AvgIpc) is 2.49. The lowest BCUT2D eigenvalue weighted by atomic mass is 10.4. The summed E-state index contributed by atoms with van der Waals surface area (Å²) in [7, 11) is -4.38. The van der Waals surface area contributed by atoms with E-state index < -0.39 is 22.0 Å². The van der Waals surface area contributed by atoms with Crippen LogP contribution in [0.25, 0.3) is 0 Å². The van der Waals surface area contributed by atoms with Crippen LogP contribution in [0.4, 0.5) is 0 Å². The lowest BCUT2D eigenvalue weighted by Gasteiger charge is -2.12. The third kappa shape index (κ3) is 4.88. The van der Waals surface area contributed by atoms with Gasteiger partial charge in [-0.05, 0) is 0 Å². The van der Waals surface area contributed by atoms with Gasteiger partial charge in [0.15, 0.2) is 0 Å². The van der Waals surface area contributed by atoms with Crippen molar-refractivity contribution in [3.05, 3.63) is 0 Å². The molecule has 1 unspecified atom stereocenters. The molecule has 0 aliphatic carbocycles. The standard InChI is InChI=1S/C8H16N2O5S/c11-4-3-9-1-2-10(7-9)5-8(12)6-16(13,14)15/h7-8,11-12H,1-6H2. The fourth-order valence-electron chi connectivity index (χ4n) is 1.60. The van der Waals surface area contributed by atoms with Gasteiger partial charge in [0.2, 0.25) is 6.34 Å². The number of nitrogens with zero attached hydrogens (tertiary/aromatic N) is 2. The fourth-order valence-corrected chi connectivity index (χ4v) is 2.18. The maximum absolute atomic E-state index is 10.4. The van der Waals surface area contributed by atoms with Crippen LogP contribution in [0.3, 0.4) is 0 Å². The zero-order chi connectivity index (χ0) is 12.2. The molecular formula is C8H16N2O5S. The van der Waals surface area contributed by atoms with Crippen molar-refractivity contribution in [2.24, 2.45) is 0 Å². The molecule has 1 aliphatic heterocycles. The third-order valence-corrected chi connectivity index (χ3v) is 3.02. The summed E-state index contributed by atoms with van der Waals surface area (Å²) < 4.78 is 32.9. The van der Waals surface area contributed by atoms with Crippen LogP contribution >= 0.6 is 0 Å². The van der Waals surface area contributed by atoms with Crippen LogP contribution in [-0.4, -0.2) is 83.6 Å². The Morgan fingerprint density at radius 1 is 1.56 bits per heavy atom. The maximum atomic E-state index is 10.4. The van der Waals surface area contributed by atoms with Crippen molar-refractivity contribution >= 4 is 16.5 Å². The summed E-state index contributed by atoms with van der Waals surface area (Å²) in [5.41, 5.74) is 0. The molecule has 1 aliphatic rings. The van der Waals surface area contributed by atoms with Gasteiger partial charge in [0.1, 0.15) is 32.3 Å². The predicted molar refractivity (Wildman–Crippen MR) is 55.3 cm³/mol. The van der Waals surface area contributed by atoms with Crippen molar-refractivity contribution < 1.29 is 27.8 Å². The highest BCUT2D eigenvalue weighted by molar-refractivity contribution is 7.85. The van der Waals surface area contributed by atoms with E-state index in [1.165, 1.54) is 0 Å². The van der Waals surface area contributed by atoms with Gasteiger partial charge in [-0.25, -0.2) is 8.42 Å². The Morgan fingerprint density at radius 2 is 2.25 bits per heavy atom. The molecule has 0 saturated heterocycles. The molecule has 7 nitrogen and oxygen atoms in total. The van der Waals surface area contributed by atoms with E-state index in [0.717, 1.165) is 6.54 Å². The summed E-state index contributed by atoms with van der Waals surface area (Å²) in [6.45, 7) is 2.03. The first-order chi connectivity index (χ1) is 7.40. The Labute approximate surface area is 94.4 Å². The van der Waals surface area contributed by atoms with Gasteiger partial charge < -0.3 is 14.8 Å². The normalized spacial score (nSPS) is 18.7. The van der Waals surface area contributed by atoms with Crippen LogP contribution in [-0.2, 0) is 10.1 Å². The molecule has 1 rings (SSSR count). The van der Waals surface area contributed by atoms with Gasteiger partial charge in [-0.1, -0.05) is 0 Å². The molecule has 16 heavy (non-hydrogen) atoms. The third-order valence-electron chi connectivity index (χ3n) is 2.23. The Kier molecular flexibility index (Phi) is 4.66. The Hall–Kier alpha value is -0.700. The molecule has 1 atom stereocenters. The Balaban J connectivity index is 2.41. The van der Waals surface area contributed by atoms with Crippen LogP contribution in [0.1, 0.15) is 0 Å². The molecule has 0 saturated carbocycles. The summed E-state index contributed by atoms with van der Waals surface area (Å²) in [6.07, 6.45) is 0.546. The van der Waals surface area contributed by atoms with Crippen molar-refractivity contribution in [1.82, 2.24) is 4.90 Å². The van der Waals surface area contributed by atoms with Gasteiger partial charge in [-0.3, -0.25) is 9.48 Å². The number of hydrogen-bond donors (Lipinski definition) is 2. The molecular weight excluding hydrogens is 236 g/mol. The fraction of sp³-hybridized carbons (Fsp3) is 0.875. The van der Waals surface area contributed by atoms with Crippen molar-refractivity contribution in [3.63, 3.8) is 0 Å². The average molecular weight is 252 g/mol. The summed E-state index contributed by atoms with van der Waals surface area (Å²) in [5, 5.41) is 18.1. The van der Waals surface area contributed by atoms with Crippen LogP contribution in [0.15, 0.2) is 0 Å². The first-order valence-electron chi connectivity index (χ1n) is 4.96. The topological polar surface area (TPSA) is 104 Å². The number of aliphatic hydroxyl groups excluding tert-OH is 2. The largest absolute Gasteiger partial charge is 0.748 e. The van der Waals surface area contributed by atoms with Gasteiger partial charge >= 0.3 is 0 Å². The van der Waals surface area contributed by atoms with Gasteiger partial charge in [-0.2, -0.15) is 0 Å². The van der Waals surface area contributed by atoms with Crippen molar-refractivity contribution in [2.45, 2.75) is 6.10 Å². The van der Waals surface area contributed by atoms with E-state index in [2.05, 4.69) is 0 Å². The molecule has 2 N–H and O–H groups in total. The maximum Gasteiger partial charge on any atom is 0.234 e. The second-order valence-corrected chi connectivity index (χ2v) is 5.20. The molecule has 0 bridgehead atoms. The number of hydrogen-bond acceptors (Lipinski definition) is 6. The second-order valence-electron chi connectivity index (χ2n) is 3.75. The molecule has 1 heterocycles. The van der Waals surface area contributed by atoms with Gasteiger partial charge in [0.05, 0.1) is 22.5 Å². The van der Waals surface area contributed by atoms with Crippen molar-refractivity contribution in [1.29, 1.82) is 0 Å². The number of rotatable bonds is 6. The van der Waals surface area contributed by atoms with Crippen molar-refractivity contribution in [2.75, 3.05) is 38.5 Å². The molecule has 0 spiro atoms. The molecule has 0 aromatic heterocycles. The zero-order valence-electron chi connectivity index (χ0n) is 8.82. The van der Waals surface area contributed by atoms with E-state index in [1.54, 1.807) is 10.9 Å². The highest BCUT2D eigenvalue weighted by Gasteiger charge is 2.21. The Bertz CT molecular complexity index is 353. The highest BCUT2D eigenvalue weighted by Crippen LogP contribution is 1.97. The van der Waals surface area contributed by atoms with Crippen LogP contribution in [0.5, 0.6) is 0 Å². The van der Waals surface area contributed by atoms with E-state index in [4.69, 9.17) is 5.11 Å². The van der Waals surface area contributed by atoms with Gasteiger partial charge in [0, 0.05) is 0 Å². The molecule has 0 amide bonds. The molecule has 94 valence electrons. The highest BCUT2D eigenvalue weighted by atomic mass is 32.2. The lowest BCUT2D eigenvalue weighted by molar-refractivity contribution is -0.522. The zero-order valence-corrected chi connectivity index (χ0v) is 9.64. The SMILES string of the molecule is O=S(=O)([O-])CC(O)C[N+]1=CN(CCO)CC1. The van der Waals surface area contributed by atoms with Crippen molar-refractivity contribution in [3.8, 4) is 0 Å². The van der Waals surface area contributed by atoms with Crippen LogP contribution < -0.4 is 0 Å². The first kappa shape index (κ1) is 13.4. The number of β-amino-alcohol motifs (C(OH)–C–C–N with tert-alkyl or cyclic N) is 2. The minimum atomic E-state index is -4.38. The van der Waals surface area contributed by atoms with Gasteiger partial charge in [-0.15, -0.1) is 0 Å². The summed E-state index contributed by atoms with van der Waals surface area (Å²) in [5.74, 6) is -0.767. The minimum absolute atomic E-state index is 0.0435. The van der Waals surface area contributed by atoms with E-state index in [1.807, 2.05) is 4.90 Å². The van der Waals surface area contributed by atoms with Crippen LogP contribution in [0.2, 0.25) is 0 Å². The molecule has 0 aromatic rings. The molecule has 0 fully saturated rings. The minimum Gasteiger partial charge on any atom is -0.748 e. The molecule has 0 aromatic carbocycles. The number of aliphatic hydroxyl groups is 2. The second kappa shape index (κ2) is 5.58. The Morgan fingerprint density at radius 3 is 2.81 bits per heavy atom. The van der Waals surface area contributed by atoms with E-state index in [-0.39, 0.29) is 13.2 Å².